The van der Waals surface area contributed by atoms with Crippen molar-refractivity contribution in [1.29, 1.82) is 0 Å². The number of non-ortho nitro benzene ring substituents is 1. The number of nitro groups is 1. The normalized spacial score (nSPS) is 10.1. The molecule has 0 aliphatic carbocycles. The predicted octanol–water partition coefficient (Wildman–Crippen LogP) is 4.69. The number of anilines is 3. The van der Waals surface area contributed by atoms with Crippen molar-refractivity contribution in [2.24, 2.45) is 0 Å². The number of benzene rings is 3. The number of carbonyl (C=O) groups is 3. The molecule has 0 aromatic heterocycles. The van der Waals surface area contributed by atoms with Gasteiger partial charge in [0.15, 0.2) is 11.5 Å². The van der Waals surface area contributed by atoms with Gasteiger partial charge in [0.25, 0.3) is 11.6 Å². The second-order valence-electron chi connectivity index (χ2n) is 7.39. The quantitative estimate of drug-likeness (QED) is 0.213. The average Bonchev–Trinajstić information content (AvgIpc) is 2.89. The van der Waals surface area contributed by atoms with Crippen LogP contribution in [0.25, 0.3) is 0 Å². The van der Waals surface area contributed by atoms with E-state index in [1.54, 1.807) is 6.92 Å². The molecule has 0 saturated carbocycles. The van der Waals surface area contributed by atoms with Crippen LogP contribution in [0.1, 0.15) is 27.6 Å². The van der Waals surface area contributed by atoms with E-state index in [0.29, 0.717) is 22.9 Å². The van der Waals surface area contributed by atoms with Gasteiger partial charge in [0.2, 0.25) is 0 Å². The Kier molecular flexibility index (Phi) is 8.60. The van der Waals surface area contributed by atoms with E-state index in [0.717, 1.165) is 0 Å². The number of amides is 3. The number of hydrogen-bond acceptors (Lipinski definition) is 8. The molecule has 12 heteroatoms. The third kappa shape index (κ3) is 6.72. The molecule has 192 valence electrons. The van der Waals surface area contributed by atoms with Gasteiger partial charge >= 0.3 is 12.0 Å². The van der Waals surface area contributed by atoms with Crippen LogP contribution in [0.2, 0.25) is 0 Å². The molecule has 0 spiro atoms. The summed E-state index contributed by atoms with van der Waals surface area (Å²) in [4.78, 5) is 47.7. The minimum Gasteiger partial charge on any atom is -0.493 e. The number of urea groups is 1. The summed E-state index contributed by atoms with van der Waals surface area (Å²) < 4.78 is 15.6. The van der Waals surface area contributed by atoms with E-state index in [2.05, 4.69) is 16.0 Å². The Bertz CT molecular complexity index is 1310. The summed E-state index contributed by atoms with van der Waals surface area (Å²) >= 11 is 0. The molecule has 37 heavy (non-hydrogen) atoms. The lowest BCUT2D eigenvalue weighted by molar-refractivity contribution is -0.384. The van der Waals surface area contributed by atoms with Crippen LogP contribution in [0.15, 0.2) is 60.7 Å². The molecule has 0 saturated heterocycles. The van der Waals surface area contributed by atoms with E-state index in [1.165, 1.54) is 74.9 Å². The van der Waals surface area contributed by atoms with E-state index in [4.69, 9.17) is 14.2 Å². The van der Waals surface area contributed by atoms with Crippen molar-refractivity contribution < 1.29 is 33.5 Å². The predicted molar refractivity (Wildman–Crippen MR) is 136 cm³/mol. The first-order valence-electron chi connectivity index (χ1n) is 10.9. The van der Waals surface area contributed by atoms with Crippen molar-refractivity contribution in [3.8, 4) is 11.5 Å². The van der Waals surface area contributed by atoms with Gasteiger partial charge in [-0.2, -0.15) is 0 Å². The fraction of sp³-hybridized carbons (Fsp3) is 0.160. The number of carbonyl (C=O) groups excluding carboxylic acids is 3. The summed E-state index contributed by atoms with van der Waals surface area (Å²) in [6, 6.07) is 13.7. The number of nitro benzene ring substituents is 1. The topological polar surface area (TPSA) is 158 Å². The number of hydrogen-bond donors (Lipinski definition) is 3. The standard InChI is InChI=1S/C25H24N4O8/c1-4-37-24(31)19-13-21(35-2)22(36-3)14-20(19)28-23(30)15-5-7-16(8-6-15)26-25(32)27-17-9-11-18(12-10-17)29(33)34/h5-14H,4H2,1-3H3,(H,28,30)(H2,26,27,32). The van der Waals surface area contributed by atoms with Crippen molar-refractivity contribution >= 4 is 40.7 Å². The van der Waals surface area contributed by atoms with E-state index < -0.39 is 22.8 Å². The molecule has 0 fully saturated rings. The lowest BCUT2D eigenvalue weighted by Gasteiger charge is -2.15. The molecular weight excluding hydrogens is 484 g/mol. The molecule has 0 aliphatic heterocycles. The highest BCUT2D eigenvalue weighted by Crippen LogP contribution is 2.34. The number of methoxy groups -OCH3 is 2. The molecule has 0 unspecified atom stereocenters. The van der Waals surface area contributed by atoms with Gasteiger partial charge in [-0.1, -0.05) is 0 Å². The van der Waals surface area contributed by atoms with E-state index >= 15 is 0 Å². The first-order chi connectivity index (χ1) is 17.7. The smallest absolute Gasteiger partial charge is 0.340 e. The maximum Gasteiger partial charge on any atom is 0.340 e. The van der Waals surface area contributed by atoms with Gasteiger partial charge in [-0.15, -0.1) is 0 Å². The molecular formula is C25H24N4O8. The Balaban J connectivity index is 1.70. The van der Waals surface area contributed by atoms with Crippen molar-refractivity contribution in [2.45, 2.75) is 6.92 Å². The zero-order valence-corrected chi connectivity index (χ0v) is 20.2. The molecule has 3 rings (SSSR count). The minimum absolute atomic E-state index is 0.0917. The van der Waals surface area contributed by atoms with Crippen molar-refractivity contribution in [3.63, 3.8) is 0 Å². The molecule has 3 amide bonds. The summed E-state index contributed by atoms with van der Waals surface area (Å²) in [5.41, 5.74) is 1.19. The van der Waals surface area contributed by atoms with Gasteiger partial charge in [0.05, 0.1) is 37.0 Å². The summed E-state index contributed by atoms with van der Waals surface area (Å²) in [5.74, 6) is -0.549. The molecule has 3 aromatic rings. The minimum atomic E-state index is -0.641. The van der Waals surface area contributed by atoms with Crippen LogP contribution in [0.4, 0.5) is 27.5 Å². The Morgan fingerprint density at radius 1 is 0.838 bits per heavy atom. The van der Waals surface area contributed by atoms with E-state index in [-0.39, 0.29) is 29.1 Å². The summed E-state index contributed by atoms with van der Waals surface area (Å²) in [5, 5.41) is 18.6. The number of rotatable bonds is 9. The van der Waals surface area contributed by atoms with Crippen LogP contribution < -0.4 is 25.4 Å². The van der Waals surface area contributed by atoms with Gasteiger partial charge in [0, 0.05) is 41.2 Å². The Morgan fingerprint density at radius 3 is 1.89 bits per heavy atom. The van der Waals surface area contributed by atoms with Gasteiger partial charge in [0.1, 0.15) is 0 Å². The zero-order valence-electron chi connectivity index (χ0n) is 20.2. The third-order valence-corrected chi connectivity index (χ3v) is 5.01. The van der Waals surface area contributed by atoms with Gasteiger partial charge < -0.3 is 30.2 Å². The Labute approximate surface area is 211 Å². The van der Waals surface area contributed by atoms with Crippen LogP contribution in [0.3, 0.4) is 0 Å². The Morgan fingerprint density at radius 2 is 1.38 bits per heavy atom. The van der Waals surface area contributed by atoms with Crippen LogP contribution in [-0.4, -0.2) is 43.7 Å². The van der Waals surface area contributed by atoms with E-state index in [9.17, 15) is 24.5 Å². The third-order valence-electron chi connectivity index (χ3n) is 5.01. The van der Waals surface area contributed by atoms with Crippen molar-refractivity contribution in [1.82, 2.24) is 0 Å². The van der Waals surface area contributed by atoms with E-state index in [1.807, 2.05) is 0 Å². The molecule has 3 aromatic carbocycles. The lowest BCUT2D eigenvalue weighted by atomic mass is 10.1. The molecule has 0 heterocycles. The average molecular weight is 508 g/mol. The van der Waals surface area contributed by atoms with Crippen molar-refractivity contribution in [2.75, 3.05) is 36.8 Å². The molecule has 0 atom stereocenters. The van der Waals surface area contributed by atoms with Gasteiger partial charge in [-0.3, -0.25) is 14.9 Å². The second-order valence-corrected chi connectivity index (χ2v) is 7.39. The number of esters is 1. The van der Waals surface area contributed by atoms with Crippen LogP contribution in [0, 0.1) is 10.1 Å². The monoisotopic (exact) mass is 508 g/mol. The van der Waals surface area contributed by atoms with Crippen molar-refractivity contribution in [3.05, 3.63) is 81.9 Å². The molecule has 0 bridgehead atoms. The highest BCUT2D eigenvalue weighted by Gasteiger charge is 2.20. The summed E-state index contributed by atoms with van der Waals surface area (Å²) in [7, 11) is 2.85. The summed E-state index contributed by atoms with van der Waals surface area (Å²) in [6.45, 7) is 1.81. The SMILES string of the molecule is CCOC(=O)c1cc(OC)c(OC)cc1NC(=O)c1ccc(NC(=O)Nc2ccc([N+](=O)[O-])cc2)cc1. The number of ether oxygens (including phenoxy) is 3. The first kappa shape index (κ1) is 26.5. The number of nitrogens with zero attached hydrogens (tertiary/aromatic N) is 1. The van der Waals surface area contributed by atoms with Gasteiger partial charge in [-0.05, 0) is 43.3 Å². The molecule has 0 aliphatic rings. The summed E-state index contributed by atoms with van der Waals surface area (Å²) in [6.07, 6.45) is 0. The van der Waals surface area contributed by atoms with Crippen LogP contribution in [-0.2, 0) is 4.74 Å². The largest absolute Gasteiger partial charge is 0.493 e. The second kappa shape index (κ2) is 12.0. The maximum absolute atomic E-state index is 12.9. The fourth-order valence-corrected chi connectivity index (χ4v) is 3.22. The lowest BCUT2D eigenvalue weighted by Crippen LogP contribution is -2.19. The number of nitrogens with one attached hydrogen (secondary N) is 3. The molecule has 3 N–H and O–H groups in total. The zero-order chi connectivity index (χ0) is 26.9. The Hall–Kier alpha value is -5.13. The highest BCUT2D eigenvalue weighted by molar-refractivity contribution is 6.09. The highest BCUT2D eigenvalue weighted by atomic mass is 16.6. The molecule has 0 radical (unpaired) electrons. The van der Waals surface area contributed by atoms with Gasteiger partial charge in [-0.25, -0.2) is 9.59 Å². The van der Waals surface area contributed by atoms with Crippen LogP contribution in [0.5, 0.6) is 11.5 Å². The maximum atomic E-state index is 12.9. The fourth-order valence-electron chi connectivity index (χ4n) is 3.22. The van der Waals surface area contributed by atoms with Crippen LogP contribution >= 0.6 is 0 Å². The molecule has 12 nitrogen and oxygen atoms in total. The first-order valence-corrected chi connectivity index (χ1v) is 10.9.